The number of nitrogens with one attached hydrogen (secondary N) is 1. The summed E-state index contributed by atoms with van der Waals surface area (Å²) in [6.07, 6.45) is 0. The second-order valence-electron chi connectivity index (χ2n) is 4.67. The van der Waals surface area contributed by atoms with Crippen LogP contribution >= 0.6 is 12.4 Å². The van der Waals surface area contributed by atoms with Gasteiger partial charge in [0.15, 0.2) is 0 Å². The summed E-state index contributed by atoms with van der Waals surface area (Å²) in [6.45, 7) is 3.86. The number of halogens is 1. The molecule has 3 N–H and O–H groups in total. The molecule has 1 unspecified atom stereocenters. The Kier molecular flexibility index (Phi) is 5.30. The normalized spacial score (nSPS) is 11.6. The number of benzene rings is 1. The van der Waals surface area contributed by atoms with Gasteiger partial charge >= 0.3 is 0 Å². The van der Waals surface area contributed by atoms with Crippen LogP contribution in [0.3, 0.4) is 0 Å². The number of carbonyl (C=O) groups excluding carboxylic acids is 1. The molecule has 1 atom stereocenters. The van der Waals surface area contributed by atoms with Gasteiger partial charge in [-0.25, -0.2) is 0 Å². The van der Waals surface area contributed by atoms with Crippen LogP contribution in [0.25, 0.3) is 0 Å². The first-order valence-electron chi connectivity index (χ1n) is 6.11. The molecule has 1 aromatic heterocycles. The van der Waals surface area contributed by atoms with Crippen molar-refractivity contribution in [2.75, 3.05) is 5.32 Å². The summed E-state index contributed by atoms with van der Waals surface area (Å²) in [5.41, 5.74) is 8.73. The van der Waals surface area contributed by atoms with Crippen LogP contribution in [0.15, 0.2) is 30.3 Å². The van der Waals surface area contributed by atoms with Gasteiger partial charge in [0.05, 0.1) is 5.69 Å². The Morgan fingerprint density at radius 3 is 2.40 bits per heavy atom. The second-order valence-corrected chi connectivity index (χ2v) is 4.67. The van der Waals surface area contributed by atoms with Crippen molar-refractivity contribution in [3.05, 3.63) is 47.2 Å². The molecule has 0 saturated heterocycles. The van der Waals surface area contributed by atoms with Gasteiger partial charge < -0.3 is 11.1 Å². The fourth-order valence-electron chi connectivity index (χ4n) is 1.86. The van der Waals surface area contributed by atoms with Crippen LogP contribution in [-0.4, -0.2) is 15.7 Å². The van der Waals surface area contributed by atoms with Crippen molar-refractivity contribution < 1.29 is 4.79 Å². The number of aryl methyl sites for hydroxylation is 3. The predicted octanol–water partition coefficient (Wildman–Crippen LogP) is 2.10. The maximum atomic E-state index is 12.1. The van der Waals surface area contributed by atoms with Gasteiger partial charge in [0.1, 0.15) is 11.9 Å². The maximum Gasteiger partial charge on any atom is 0.247 e. The largest absolute Gasteiger partial charge is 0.316 e. The van der Waals surface area contributed by atoms with Crippen LogP contribution in [0.2, 0.25) is 0 Å². The number of hydrogen-bond donors (Lipinski definition) is 2. The van der Waals surface area contributed by atoms with Gasteiger partial charge in [-0.3, -0.25) is 9.48 Å². The number of anilines is 1. The number of amides is 1. The second kappa shape index (κ2) is 6.54. The number of hydrogen-bond acceptors (Lipinski definition) is 3. The standard InChI is InChI=1S/C14H18N4O.ClH/c1-9-4-6-11(7-5-9)13(15)14(19)16-12-8-10(2)17-18(12)3;/h4-8,13H,15H2,1-3H3,(H,16,19);1H. The van der Waals surface area contributed by atoms with Gasteiger partial charge in [0.2, 0.25) is 5.91 Å². The Bertz CT molecular complexity index is 592. The first-order chi connectivity index (χ1) is 8.97. The van der Waals surface area contributed by atoms with E-state index in [1.165, 1.54) is 0 Å². The fraction of sp³-hybridized carbons (Fsp3) is 0.286. The van der Waals surface area contributed by atoms with Crippen molar-refractivity contribution in [1.82, 2.24) is 9.78 Å². The molecule has 0 spiro atoms. The zero-order valence-electron chi connectivity index (χ0n) is 11.8. The molecule has 1 aromatic carbocycles. The minimum atomic E-state index is -0.684. The number of nitrogens with two attached hydrogens (primary N) is 1. The molecule has 2 aromatic rings. The monoisotopic (exact) mass is 294 g/mol. The lowest BCUT2D eigenvalue weighted by Crippen LogP contribution is -2.28. The lowest BCUT2D eigenvalue weighted by molar-refractivity contribution is -0.117. The molecule has 1 amide bonds. The van der Waals surface area contributed by atoms with Crippen molar-refractivity contribution in [2.45, 2.75) is 19.9 Å². The zero-order chi connectivity index (χ0) is 14.0. The summed E-state index contributed by atoms with van der Waals surface area (Å²) in [5.74, 6) is 0.400. The van der Waals surface area contributed by atoms with Crippen LogP contribution in [0.1, 0.15) is 22.9 Å². The minimum absolute atomic E-state index is 0. The molecule has 6 heteroatoms. The van der Waals surface area contributed by atoms with Crippen LogP contribution in [0, 0.1) is 13.8 Å². The first kappa shape index (κ1) is 16.2. The van der Waals surface area contributed by atoms with Crippen molar-refractivity contribution in [3.8, 4) is 0 Å². The Labute approximate surface area is 124 Å². The van der Waals surface area contributed by atoms with Crippen LogP contribution in [0.5, 0.6) is 0 Å². The highest BCUT2D eigenvalue weighted by Gasteiger charge is 2.17. The van der Waals surface area contributed by atoms with Crippen molar-refractivity contribution in [1.29, 1.82) is 0 Å². The molecule has 1 heterocycles. The van der Waals surface area contributed by atoms with E-state index in [9.17, 15) is 4.79 Å². The quantitative estimate of drug-likeness (QED) is 0.910. The number of aromatic nitrogens is 2. The van der Waals surface area contributed by atoms with E-state index in [-0.39, 0.29) is 18.3 Å². The molecule has 0 aliphatic rings. The van der Waals surface area contributed by atoms with E-state index < -0.39 is 6.04 Å². The molecule has 5 nitrogen and oxygen atoms in total. The molecule has 0 aliphatic carbocycles. The molecule has 20 heavy (non-hydrogen) atoms. The molecular formula is C14H19ClN4O. The van der Waals surface area contributed by atoms with Gasteiger partial charge in [-0.2, -0.15) is 5.10 Å². The van der Waals surface area contributed by atoms with Crippen molar-refractivity contribution >= 4 is 24.1 Å². The molecular weight excluding hydrogens is 276 g/mol. The fourth-order valence-corrected chi connectivity index (χ4v) is 1.86. The van der Waals surface area contributed by atoms with E-state index in [4.69, 9.17) is 5.73 Å². The number of carbonyl (C=O) groups is 1. The minimum Gasteiger partial charge on any atom is -0.316 e. The summed E-state index contributed by atoms with van der Waals surface area (Å²) in [4.78, 5) is 12.1. The SMILES string of the molecule is Cc1ccc(C(N)C(=O)Nc2cc(C)nn2C)cc1.Cl. The average Bonchev–Trinajstić information content (AvgIpc) is 2.68. The van der Waals surface area contributed by atoms with Crippen LogP contribution in [0.4, 0.5) is 5.82 Å². The molecule has 108 valence electrons. The average molecular weight is 295 g/mol. The molecule has 2 rings (SSSR count). The van der Waals surface area contributed by atoms with E-state index in [0.29, 0.717) is 5.82 Å². The molecule has 0 bridgehead atoms. The molecule has 0 aliphatic heterocycles. The van der Waals surface area contributed by atoms with Gasteiger partial charge in [-0.15, -0.1) is 12.4 Å². The summed E-state index contributed by atoms with van der Waals surface area (Å²) in [7, 11) is 1.78. The van der Waals surface area contributed by atoms with E-state index >= 15 is 0 Å². The molecule has 0 radical (unpaired) electrons. The maximum absolute atomic E-state index is 12.1. The number of rotatable bonds is 3. The van der Waals surface area contributed by atoms with Crippen LogP contribution < -0.4 is 11.1 Å². The van der Waals surface area contributed by atoms with Crippen LogP contribution in [-0.2, 0) is 11.8 Å². The van der Waals surface area contributed by atoms with E-state index in [0.717, 1.165) is 16.8 Å². The van der Waals surface area contributed by atoms with Gasteiger partial charge in [-0.1, -0.05) is 29.8 Å². The lowest BCUT2D eigenvalue weighted by atomic mass is 10.1. The topological polar surface area (TPSA) is 72.9 Å². The third kappa shape index (κ3) is 3.59. The highest BCUT2D eigenvalue weighted by Crippen LogP contribution is 2.15. The van der Waals surface area contributed by atoms with Gasteiger partial charge in [0.25, 0.3) is 0 Å². The van der Waals surface area contributed by atoms with Gasteiger partial charge in [-0.05, 0) is 19.4 Å². The van der Waals surface area contributed by atoms with E-state index in [2.05, 4.69) is 10.4 Å². The van der Waals surface area contributed by atoms with E-state index in [1.54, 1.807) is 17.8 Å². The van der Waals surface area contributed by atoms with Gasteiger partial charge in [0, 0.05) is 13.1 Å². The molecule has 0 fully saturated rings. The number of nitrogens with zero attached hydrogens (tertiary/aromatic N) is 2. The third-order valence-corrected chi connectivity index (χ3v) is 2.97. The first-order valence-corrected chi connectivity index (χ1v) is 6.11. The highest BCUT2D eigenvalue weighted by atomic mass is 35.5. The van der Waals surface area contributed by atoms with Crippen molar-refractivity contribution in [3.63, 3.8) is 0 Å². The Morgan fingerprint density at radius 2 is 1.90 bits per heavy atom. The summed E-state index contributed by atoms with van der Waals surface area (Å²) in [6, 6.07) is 8.74. The summed E-state index contributed by atoms with van der Waals surface area (Å²) < 4.78 is 1.62. The van der Waals surface area contributed by atoms with E-state index in [1.807, 2.05) is 38.1 Å². The smallest absolute Gasteiger partial charge is 0.247 e. The summed E-state index contributed by atoms with van der Waals surface area (Å²) >= 11 is 0. The Morgan fingerprint density at radius 1 is 1.30 bits per heavy atom. The molecule has 0 saturated carbocycles. The third-order valence-electron chi connectivity index (χ3n) is 2.97. The zero-order valence-corrected chi connectivity index (χ0v) is 12.6. The lowest BCUT2D eigenvalue weighted by Gasteiger charge is -2.12. The predicted molar refractivity (Wildman–Crippen MR) is 81.9 cm³/mol. The van der Waals surface area contributed by atoms with Crippen molar-refractivity contribution in [2.24, 2.45) is 12.8 Å². The summed E-state index contributed by atoms with van der Waals surface area (Å²) in [5, 5.41) is 6.95. The highest BCUT2D eigenvalue weighted by molar-refractivity contribution is 5.94. The Hall–Kier alpha value is -1.85. The Balaban J connectivity index is 0.00000200.